The van der Waals surface area contributed by atoms with Crippen molar-refractivity contribution in [1.82, 2.24) is 4.98 Å². The van der Waals surface area contributed by atoms with E-state index >= 15 is 0 Å². The molecule has 1 aromatic heterocycles. The summed E-state index contributed by atoms with van der Waals surface area (Å²) < 4.78 is 0. The number of pyridine rings is 1. The average molecular weight is 229 g/mol. The van der Waals surface area contributed by atoms with Crippen molar-refractivity contribution in [2.24, 2.45) is 5.73 Å². The smallest absolute Gasteiger partial charge is 0.224 e. The number of aromatic nitrogens is 1. The van der Waals surface area contributed by atoms with E-state index in [0.717, 1.165) is 16.5 Å². The van der Waals surface area contributed by atoms with Crippen LogP contribution in [0, 0.1) is 0 Å². The van der Waals surface area contributed by atoms with Crippen LogP contribution in [0.3, 0.4) is 0 Å². The van der Waals surface area contributed by atoms with Crippen LogP contribution in [0.1, 0.15) is 12.8 Å². The fraction of sp³-hybridized carbons (Fsp3) is 0.231. The summed E-state index contributed by atoms with van der Waals surface area (Å²) in [6, 6.07) is 7.71. The Hall–Kier alpha value is -1.94. The standard InChI is InChI=1S/C13H15N3O/c14-7-2-5-13(17)16-12-4-1-3-10-6-8-15-9-11(10)12/h1,3-4,6,8-9H,2,5,7,14H2,(H,16,17). The highest BCUT2D eigenvalue weighted by atomic mass is 16.1. The predicted octanol–water partition coefficient (Wildman–Crippen LogP) is 1.91. The van der Waals surface area contributed by atoms with Gasteiger partial charge in [-0.25, -0.2) is 0 Å². The second-order valence-corrected chi connectivity index (χ2v) is 3.84. The van der Waals surface area contributed by atoms with Gasteiger partial charge in [0.15, 0.2) is 0 Å². The minimum atomic E-state index is -0.00759. The minimum absolute atomic E-state index is 0.00759. The second kappa shape index (κ2) is 5.41. The number of carbonyl (C=O) groups is 1. The number of hydrogen-bond acceptors (Lipinski definition) is 3. The maximum atomic E-state index is 11.6. The number of nitrogens with two attached hydrogens (primary N) is 1. The van der Waals surface area contributed by atoms with Crippen molar-refractivity contribution in [3.05, 3.63) is 36.7 Å². The molecule has 0 bridgehead atoms. The van der Waals surface area contributed by atoms with E-state index in [4.69, 9.17) is 5.73 Å². The molecule has 4 heteroatoms. The van der Waals surface area contributed by atoms with Gasteiger partial charge in [-0.05, 0) is 30.5 Å². The molecule has 0 atom stereocenters. The van der Waals surface area contributed by atoms with E-state index in [1.165, 1.54) is 0 Å². The van der Waals surface area contributed by atoms with Crippen LogP contribution in [0.15, 0.2) is 36.7 Å². The van der Waals surface area contributed by atoms with Gasteiger partial charge in [0, 0.05) is 24.2 Å². The van der Waals surface area contributed by atoms with Gasteiger partial charge in [-0.2, -0.15) is 0 Å². The molecule has 1 amide bonds. The van der Waals surface area contributed by atoms with E-state index in [2.05, 4.69) is 10.3 Å². The number of anilines is 1. The number of rotatable bonds is 4. The largest absolute Gasteiger partial charge is 0.330 e. The van der Waals surface area contributed by atoms with Crippen LogP contribution in [-0.2, 0) is 4.79 Å². The molecular weight excluding hydrogens is 214 g/mol. The van der Waals surface area contributed by atoms with Gasteiger partial charge in [0.25, 0.3) is 0 Å². The van der Waals surface area contributed by atoms with Crippen LogP contribution < -0.4 is 11.1 Å². The van der Waals surface area contributed by atoms with Gasteiger partial charge in [0.1, 0.15) is 0 Å². The summed E-state index contributed by atoms with van der Waals surface area (Å²) in [6.45, 7) is 0.532. The molecule has 17 heavy (non-hydrogen) atoms. The highest BCUT2D eigenvalue weighted by molar-refractivity contribution is 6.01. The minimum Gasteiger partial charge on any atom is -0.330 e. The first kappa shape index (κ1) is 11.5. The molecule has 2 rings (SSSR count). The molecule has 88 valence electrons. The lowest BCUT2D eigenvalue weighted by atomic mass is 10.1. The lowest BCUT2D eigenvalue weighted by Crippen LogP contribution is -2.13. The third kappa shape index (κ3) is 2.79. The first-order chi connectivity index (χ1) is 8.31. The zero-order valence-electron chi connectivity index (χ0n) is 9.52. The average Bonchev–Trinajstić information content (AvgIpc) is 2.37. The van der Waals surface area contributed by atoms with E-state index in [1.54, 1.807) is 12.4 Å². The van der Waals surface area contributed by atoms with E-state index in [0.29, 0.717) is 19.4 Å². The molecule has 0 aliphatic carbocycles. The lowest BCUT2D eigenvalue weighted by molar-refractivity contribution is -0.116. The third-order valence-electron chi connectivity index (χ3n) is 2.57. The number of amides is 1. The highest BCUT2D eigenvalue weighted by Crippen LogP contribution is 2.22. The number of benzene rings is 1. The Bertz CT molecular complexity index is 520. The van der Waals surface area contributed by atoms with Gasteiger partial charge in [0.2, 0.25) is 5.91 Å². The summed E-state index contributed by atoms with van der Waals surface area (Å²) in [4.78, 5) is 15.7. The van der Waals surface area contributed by atoms with Crippen molar-refractivity contribution in [1.29, 1.82) is 0 Å². The van der Waals surface area contributed by atoms with Crippen LogP contribution in [-0.4, -0.2) is 17.4 Å². The van der Waals surface area contributed by atoms with Gasteiger partial charge in [0.05, 0.1) is 5.69 Å². The number of carbonyl (C=O) groups excluding carboxylic acids is 1. The van der Waals surface area contributed by atoms with Crippen molar-refractivity contribution >= 4 is 22.4 Å². The highest BCUT2D eigenvalue weighted by Gasteiger charge is 2.04. The van der Waals surface area contributed by atoms with Crippen molar-refractivity contribution < 1.29 is 4.79 Å². The summed E-state index contributed by atoms with van der Waals surface area (Å²) in [5.74, 6) is -0.00759. The maximum Gasteiger partial charge on any atom is 0.224 e. The number of hydrogen-bond donors (Lipinski definition) is 2. The van der Waals surface area contributed by atoms with E-state index in [-0.39, 0.29) is 5.91 Å². The molecule has 0 radical (unpaired) electrons. The van der Waals surface area contributed by atoms with Crippen LogP contribution in [0.5, 0.6) is 0 Å². The molecule has 4 nitrogen and oxygen atoms in total. The monoisotopic (exact) mass is 229 g/mol. The van der Waals surface area contributed by atoms with Crippen LogP contribution in [0.25, 0.3) is 10.8 Å². The zero-order valence-corrected chi connectivity index (χ0v) is 9.52. The van der Waals surface area contributed by atoms with Gasteiger partial charge in [-0.3, -0.25) is 9.78 Å². The van der Waals surface area contributed by atoms with Crippen LogP contribution in [0.2, 0.25) is 0 Å². The molecule has 0 unspecified atom stereocenters. The summed E-state index contributed by atoms with van der Waals surface area (Å²) >= 11 is 0. The number of nitrogens with one attached hydrogen (secondary N) is 1. The Balaban J connectivity index is 2.21. The second-order valence-electron chi connectivity index (χ2n) is 3.84. The molecule has 0 fully saturated rings. The third-order valence-corrected chi connectivity index (χ3v) is 2.57. The lowest BCUT2D eigenvalue weighted by Gasteiger charge is -2.07. The topological polar surface area (TPSA) is 68.0 Å². The molecule has 0 saturated carbocycles. The fourth-order valence-electron chi connectivity index (χ4n) is 1.70. The summed E-state index contributed by atoms with van der Waals surface area (Å²) in [6.07, 6.45) is 4.65. The number of nitrogens with zero attached hydrogens (tertiary/aromatic N) is 1. The normalized spacial score (nSPS) is 10.4. The van der Waals surface area contributed by atoms with Gasteiger partial charge in [-0.1, -0.05) is 12.1 Å². The first-order valence-electron chi connectivity index (χ1n) is 5.64. The van der Waals surface area contributed by atoms with E-state index in [9.17, 15) is 4.79 Å². The molecule has 0 spiro atoms. The van der Waals surface area contributed by atoms with Crippen LogP contribution >= 0.6 is 0 Å². The SMILES string of the molecule is NCCCC(=O)Nc1cccc2ccncc12. The van der Waals surface area contributed by atoms with Crippen LogP contribution in [0.4, 0.5) is 5.69 Å². The van der Waals surface area contributed by atoms with E-state index in [1.807, 2.05) is 24.3 Å². The quantitative estimate of drug-likeness (QED) is 0.841. The Morgan fingerprint density at radius 3 is 3.06 bits per heavy atom. The maximum absolute atomic E-state index is 11.6. The Morgan fingerprint density at radius 2 is 2.24 bits per heavy atom. The molecule has 1 aromatic carbocycles. The first-order valence-corrected chi connectivity index (χ1v) is 5.64. The molecule has 0 saturated heterocycles. The zero-order chi connectivity index (χ0) is 12.1. The molecular formula is C13H15N3O. The van der Waals surface area contributed by atoms with Crippen molar-refractivity contribution in [3.63, 3.8) is 0 Å². The Kier molecular flexibility index (Phi) is 3.67. The van der Waals surface area contributed by atoms with Gasteiger partial charge < -0.3 is 11.1 Å². The summed E-state index contributed by atoms with van der Waals surface area (Å²) in [5.41, 5.74) is 6.17. The van der Waals surface area contributed by atoms with Crippen molar-refractivity contribution in [3.8, 4) is 0 Å². The summed E-state index contributed by atoms with van der Waals surface area (Å²) in [5, 5.41) is 4.91. The fourth-order valence-corrected chi connectivity index (χ4v) is 1.70. The molecule has 0 aliphatic rings. The molecule has 0 aliphatic heterocycles. The Labute approximate surface area is 99.8 Å². The Morgan fingerprint density at radius 1 is 1.35 bits per heavy atom. The predicted molar refractivity (Wildman–Crippen MR) is 68.7 cm³/mol. The van der Waals surface area contributed by atoms with Crippen molar-refractivity contribution in [2.75, 3.05) is 11.9 Å². The van der Waals surface area contributed by atoms with Gasteiger partial charge in [-0.15, -0.1) is 0 Å². The molecule has 2 aromatic rings. The van der Waals surface area contributed by atoms with E-state index < -0.39 is 0 Å². The molecule has 3 N–H and O–H groups in total. The number of fused-ring (bicyclic) bond motifs is 1. The summed E-state index contributed by atoms with van der Waals surface area (Å²) in [7, 11) is 0. The molecule has 1 heterocycles. The van der Waals surface area contributed by atoms with Crippen molar-refractivity contribution in [2.45, 2.75) is 12.8 Å². The van der Waals surface area contributed by atoms with Gasteiger partial charge >= 0.3 is 0 Å².